The standard InChI is InChI=1S/C21H22N2O5S/c24-20-12-15(21(25)26)13-23(20)16-8-10-17(11-9-16)29(27,28)22-19-7-3-5-14-4-1-2-6-18(14)19/h3,5,7-11,15,22H,1-2,4,6,12-13H2,(H,25,26)/t15-/m0/s1. The predicted molar refractivity (Wildman–Crippen MR) is 108 cm³/mol. The van der Waals surface area contributed by atoms with Crippen molar-refractivity contribution >= 4 is 33.3 Å². The monoisotopic (exact) mass is 414 g/mol. The van der Waals surface area contributed by atoms with Gasteiger partial charge in [0.05, 0.1) is 16.5 Å². The van der Waals surface area contributed by atoms with E-state index in [1.54, 1.807) is 6.07 Å². The van der Waals surface area contributed by atoms with Crippen LogP contribution in [-0.4, -0.2) is 31.9 Å². The van der Waals surface area contributed by atoms with E-state index in [2.05, 4.69) is 4.72 Å². The Hall–Kier alpha value is -2.87. The number of carbonyl (C=O) groups is 2. The number of benzene rings is 2. The Morgan fingerprint density at radius 1 is 1.07 bits per heavy atom. The number of hydrogen-bond acceptors (Lipinski definition) is 4. The first-order chi connectivity index (χ1) is 13.8. The van der Waals surface area contributed by atoms with E-state index >= 15 is 0 Å². The van der Waals surface area contributed by atoms with Gasteiger partial charge in [0, 0.05) is 18.7 Å². The van der Waals surface area contributed by atoms with Crippen LogP contribution in [0.15, 0.2) is 47.4 Å². The minimum atomic E-state index is -3.77. The number of carboxylic acid groups (broad SMARTS) is 1. The molecule has 1 aliphatic heterocycles. The van der Waals surface area contributed by atoms with Crippen LogP contribution in [0.1, 0.15) is 30.4 Å². The topological polar surface area (TPSA) is 104 Å². The Bertz CT molecular complexity index is 1060. The Labute approximate surface area is 169 Å². The third-order valence-electron chi connectivity index (χ3n) is 5.57. The average molecular weight is 414 g/mol. The van der Waals surface area contributed by atoms with E-state index < -0.39 is 21.9 Å². The molecule has 1 amide bonds. The number of amides is 1. The molecule has 0 radical (unpaired) electrons. The zero-order valence-electron chi connectivity index (χ0n) is 15.8. The maximum atomic E-state index is 12.9. The highest BCUT2D eigenvalue weighted by Crippen LogP contribution is 2.30. The molecule has 1 heterocycles. The normalized spacial score (nSPS) is 19.1. The fourth-order valence-electron chi connectivity index (χ4n) is 4.01. The van der Waals surface area contributed by atoms with Gasteiger partial charge >= 0.3 is 5.97 Å². The van der Waals surface area contributed by atoms with E-state index in [0.29, 0.717) is 11.4 Å². The van der Waals surface area contributed by atoms with E-state index in [-0.39, 0.29) is 23.8 Å². The van der Waals surface area contributed by atoms with Crippen LogP contribution < -0.4 is 9.62 Å². The number of aryl methyl sites for hydroxylation is 1. The first-order valence-corrected chi connectivity index (χ1v) is 11.1. The van der Waals surface area contributed by atoms with Crippen molar-refractivity contribution in [1.29, 1.82) is 0 Å². The van der Waals surface area contributed by atoms with Crippen molar-refractivity contribution in [2.45, 2.75) is 37.0 Å². The number of carbonyl (C=O) groups excluding carboxylic acids is 1. The molecular formula is C21H22N2O5S. The van der Waals surface area contributed by atoms with Crippen LogP contribution in [0.25, 0.3) is 0 Å². The highest BCUT2D eigenvalue weighted by Gasteiger charge is 2.35. The van der Waals surface area contributed by atoms with Crippen LogP contribution >= 0.6 is 0 Å². The molecule has 29 heavy (non-hydrogen) atoms. The van der Waals surface area contributed by atoms with Crippen LogP contribution in [-0.2, 0) is 32.5 Å². The summed E-state index contributed by atoms with van der Waals surface area (Å²) in [4.78, 5) is 24.7. The molecule has 2 aromatic rings. The van der Waals surface area contributed by atoms with Gasteiger partial charge in [0.15, 0.2) is 0 Å². The molecule has 1 saturated heterocycles. The molecule has 2 N–H and O–H groups in total. The number of sulfonamides is 1. The summed E-state index contributed by atoms with van der Waals surface area (Å²) in [7, 11) is -3.77. The van der Waals surface area contributed by atoms with Crippen molar-refractivity contribution in [3.63, 3.8) is 0 Å². The lowest BCUT2D eigenvalue weighted by Crippen LogP contribution is -2.25. The number of hydrogen-bond donors (Lipinski definition) is 2. The lowest BCUT2D eigenvalue weighted by molar-refractivity contribution is -0.141. The maximum absolute atomic E-state index is 12.9. The molecule has 0 aromatic heterocycles. The third kappa shape index (κ3) is 3.85. The number of fused-ring (bicyclic) bond motifs is 1. The second-order valence-electron chi connectivity index (χ2n) is 7.49. The molecule has 4 rings (SSSR count). The number of aliphatic carboxylic acids is 1. The van der Waals surface area contributed by atoms with E-state index in [0.717, 1.165) is 31.2 Å². The van der Waals surface area contributed by atoms with Gasteiger partial charge in [-0.05, 0) is 67.1 Å². The molecule has 2 aromatic carbocycles. The summed E-state index contributed by atoms with van der Waals surface area (Å²) in [5, 5.41) is 9.10. The first-order valence-electron chi connectivity index (χ1n) is 9.62. The minimum Gasteiger partial charge on any atom is -0.481 e. The molecule has 1 fully saturated rings. The van der Waals surface area contributed by atoms with Crippen LogP contribution in [0.4, 0.5) is 11.4 Å². The zero-order chi connectivity index (χ0) is 20.6. The Kier molecular flexibility index (Phi) is 5.04. The summed E-state index contributed by atoms with van der Waals surface area (Å²) in [5.41, 5.74) is 3.36. The van der Waals surface area contributed by atoms with Crippen LogP contribution in [0.5, 0.6) is 0 Å². The highest BCUT2D eigenvalue weighted by molar-refractivity contribution is 7.92. The first kappa shape index (κ1) is 19.4. The maximum Gasteiger partial charge on any atom is 0.308 e. The molecular weight excluding hydrogens is 392 g/mol. The second kappa shape index (κ2) is 7.51. The van der Waals surface area contributed by atoms with Gasteiger partial charge in [-0.25, -0.2) is 8.42 Å². The molecule has 0 unspecified atom stereocenters. The summed E-state index contributed by atoms with van der Waals surface area (Å²) in [5.74, 6) is -2.02. The summed E-state index contributed by atoms with van der Waals surface area (Å²) >= 11 is 0. The van der Waals surface area contributed by atoms with Crippen molar-refractivity contribution in [2.24, 2.45) is 5.92 Å². The van der Waals surface area contributed by atoms with Gasteiger partial charge in [-0.1, -0.05) is 12.1 Å². The molecule has 1 aliphatic carbocycles. The predicted octanol–water partition coefficient (Wildman–Crippen LogP) is 2.80. The molecule has 0 bridgehead atoms. The average Bonchev–Trinajstić information content (AvgIpc) is 3.10. The van der Waals surface area contributed by atoms with E-state index in [1.165, 1.54) is 34.7 Å². The summed E-state index contributed by atoms with van der Waals surface area (Å²) in [6.45, 7) is 0.0919. The van der Waals surface area contributed by atoms with Gasteiger partial charge in [-0.15, -0.1) is 0 Å². The minimum absolute atomic E-state index is 0.0456. The van der Waals surface area contributed by atoms with E-state index in [9.17, 15) is 18.0 Å². The van der Waals surface area contributed by atoms with Crippen molar-refractivity contribution in [1.82, 2.24) is 0 Å². The lowest BCUT2D eigenvalue weighted by atomic mass is 9.91. The summed E-state index contributed by atoms with van der Waals surface area (Å²) in [6.07, 6.45) is 3.93. The Morgan fingerprint density at radius 3 is 2.48 bits per heavy atom. The molecule has 0 saturated carbocycles. The quantitative estimate of drug-likeness (QED) is 0.783. The number of rotatable bonds is 5. The van der Waals surface area contributed by atoms with Gasteiger partial charge in [-0.3, -0.25) is 14.3 Å². The number of nitrogens with one attached hydrogen (secondary N) is 1. The van der Waals surface area contributed by atoms with Gasteiger partial charge in [0.1, 0.15) is 0 Å². The second-order valence-corrected chi connectivity index (χ2v) is 9.18. The number of carboxylic acids is 1. The van der Waals surface area contributed by atoms with Gasteiger partial charge in [-0.2, -0.15) is 0 Å². The largest absolute Gasteiger partial charge is 0.481 e. The van der Waals surface area contributed by atoms with Crippen LogP contribution in [0.2, 0.25) is 0 Å². The highest BCUT2D eigenvalue weighted by atomic mass is 32.2. The van der Waals surface area contributed by atoms with E-state index in [4.69, 9.17) is 5.11 Å². The smallest absolute Gasteiger partial charge is 0.308 e. The third-order valence-corrected chi connectivity index (χ3v) is 6.95. The van der Waals surface area contributed by atoms with Crippen molar-refractivity contribution < 1.29 is 23.1 Å². The van der Waals surface area contributed by atoms with E-state index in [1.807, 2.05) is 12.1 Å². The molecule has 0 spiro atoms. The fourth-order valence-corrected chi connectivity index (χ4v) is 5.10. The van der Waals surface area contributed by atoms with Crippen LogP contribution in [0, 0.1) is 5.92 Å². The number of anilines is 2. The molecule has 7 nitrogen and oxygen atoms in total. The zero-order valence-corrected chi connectivity index (χ0v) is 16.6. The Morgan fingerprint density at radius 2 is 1.79 bits per heavy atom. The summed E-state index contributed by atoms with van der Waals surface area (Å²) in [6, 6.07) is 11.6. The van der Waals surface area contributed by atoms with Gasteiger partial charge < -0.3 is 10.0 Å². The molecule has 8 heteroatoms. The van der Waals surface area contributed by atoms with Crippen molar-refractivity contribution in [3.05, 3.63) is 53.6 Å². The number of nitrogens with zero attached hydrogens (tertiary/aromatic N) is 1. The lowest BCUT2D eigenvalue weighted by Gasteiger charge is -2.20. The molecule has 152 valence electrons. The summed E-state index contributed by atoms with van der Waals surface area (Å²) < 4.78 is 28.4. The molecule has 2 aliphatic rings. The fraction of sp³-hybridized carbons (Fsp3) is 0.333. The van der Waals surface area contributed by atoms with Gasteiger partial charge in [0.25, 0.3) is 10.0 Å². The molecule has 1 atom stereocenters. The Balaban J connectivity index is 1.55. The van der Waals surface area contributed by atoms with Crippen LogP contribution in [0.3, 0.4) is 0 Å². The van der Waals surface area contributed by atoms with Crippen molar-refractivity contribution in [3.8, 4) is 0 Å². The SMILES string of the molecule is O=C(O)[C@H]1CC(=O)N(c2ccc(S(=O)(=O)Nc3cccc4c3CCCC4)cc2)C1. The van der Waals surface area contributed by atoms with Gasteiger partial charge in [0.2, 0.25) is 5.91 Å². The van der Waals surface area contributed by atoms with Crippen molar-refractivity contribution in [2.75, 3.05) is 16.2 Å².